The molecule has 2 heterocycles. The third-order valence-corrected chi connectivity index (χ3v) is 4.24. The molecule has 0 bridgehead atoms. The van der Waals surface area contributed by atoms with E-state index in [0.717, 1.165) is 23.5 Å². The molecule has 27 heavy (non-hydrogen) atoms. The first-order valence-corrected chi connectivity index (χ1v) is 8.29. The van der Waals surface area contributed by atoms with Crippen LogP contribution >= 0.6 is 11.3 Å². The van der Waals surface area contributed by atoms with E-state index in [0.29, 0.717) is 5.01 Å². The van der Waals surface area contributed by atoms with Crippen molar-refractivity contribution in [2.24, 2.45) is 0 Å². The molecule has 0 unspecified atom stereocenters. The highest BCUT2D eigenvalue weighted by atomic mass is 32.1. The number of rotatable bonds is 5. The molecule has 2 aromatic heterocycles. The van der Waals surface area contributed by atoms with E-state index in [1.54, 1.807) is 0 Å². The summed E-state index contributed by atoms with van der Waals surface area (Å²) in [7, 11) is 0. The Balaban J connectivity index is 1.69. The fourth-order valence-corrected chi connectivity index (χ4v) is 2.92. The summed E-state index contributed by atoms with van der Waals surface area (Å²) < 4.78 is 39.5. The fourth-order valence-electron chi connectivity index (χ4n) is 2.16. The molecule has 7 nitrogen and oxygen atoms in total. The molecule has 0 aliphatic rings. The number of benzene rings is 1. The molecule has 3 rings (SSSR count). The topological polar surface area (TPSA) is 97.1 Å². The van der Waals surface area contributed by atoms with Crippen LogP contribution in [-0.2, 0) is 12.7 Å². The van der Waals surface area contributed by atoms with E-state index in [9.17, 15) is 22.8 Å². The van der Waals surface area contributed by atoms with Crippen LogP contribution in [-0.4, -0.2) is 31.7 Å². The Morgan fingerprint density at radius 3 is 2.74 bits per heavy atom. The van der Waals surface area contributed by atoms with Crippen LogP contribution < -0.4 is 5.32 Å². The molecule has 3 aromatic rings. The number of carbonyl (C=O) groups is 2. The number of nitrogens with one attached hydrogen (secondary N) is 1. The first-order chi connectivity index (χ1) is 12.7. The van der Waals surface area contributed by atoms with Crippen molar-refractivity contribution >= 4 is 28.9 Å². The van der Waals surface area contributed by atoms with Gasteiger partial charge < -0.3 is 10.4 Å². The lowest BCUT2D eigenvalue weighted by Crippen LogP contribution is -2.14. The first kappa shape index (κ1) is 18.6. The van der Waals surface area contributed by atoms with Crippen molar-refractivity contribution in [1.82, 2.24) is 14.8 Å². The van der Waals surface area contributed by atoms with E-state index in [2.05, 4.69) is 15.4 Å². The maximum atomic E-state index is 12.7. The van der Waals surface area contributed by atoms with Gasteiger partial charge >= 0.3 is 12.1 Å². The quantitative estimate of drug-likeness (QED) is 0.689. The first-order valence-electron chi connectivity index (χ1n) is 7.41. The minimum atomic E-state index is -4.51. The van der Waals surface area contributed by atoms with Crippen molar-refractivity contribution < 1.29 is 27.9 Å². The number of aromatic nitrogens is 3. The molecular weight excluding hydrogens is 385 g/mol. The summed E-state index contributed by atoms with van der Waals surface area (Å²) in [6.07, 6.45) is -1.99. The number of carbonyl (C=O) groups excluding carboxylic acids is 1. The molecule has 140 valence electrons. The maximum Gasteiger partial charge on any atom is 0.416 e. The highest BCUT2D eigenvalue weighted by molar-refractivity contribution is 7.09. The molecule has 0 radical (unpaired) electrons. The number of carboxylic acids is 1. The summed E-state index contributed by atoms with van der Waals surface area (Å²) in [5.74, 6) is -1.76. The average Bonchev–Trinajstić information content (AvgIpc) is 3.24. The largest absolute Gasteiger partial charge is 0.478 e. The van der Waals surface area contributed by atoms with Gasteiger partial charge in [-0.15, -0.1) is 11.3 Å². The van der Waals surface area contributed by atoms with E-state index in [1.165, 1.54) is 34.6 Å². The number of carboxylic acid groups (broad SMARTS) is 1. The third kappa shape index (κ3) is 4.50. The number of alkyl halides is 3. The van der Waals surface area contributed by atoms with Gasteiger partial charge in [0, 0.05) is 17.3 Å². The van der Waals surface area contributed by atoms with Gasteiger partial charge in [0.2, 0.25) is 0 Å². The highest BCUT2D eigenvalue weighted by Gasteiger charge is 2.30. The Bertz CT molecular complexity index is 997. The second kappa shape index (κ2) is 7.19. The van der Waals surface area contributed by atoms with E-state index in [1.807, 2.05) is 0 Å². The predicted molar refractivity (Wildman–Crippen MR) is 89.8 cm³/mol. The van der Waals surface area contributed by atoms with Crippen LogP contribution in [0.2, 0.25) is 0 Å². The van der Waals surface area contributed by atoms with Crippen molar-refractivity contribution in [2.45, 2.75) is 12.7 Å². The fraction of sp³-hybridized carbons (Fsp3) is 0.125. The van der Waals surface area contributed by atoms with Crippen LogP contribution in [0, 0.1) is 0 Å². The van der Waals surface area contributed by atoms with Crippen LogP contribution in [0.1, 0.15) is 31.4 Å². The van der Waals surface area contributed by atoms with E-state index < -0.39 is 23.6 Å². The zero-order valence-corrected chi connectivity index (χ0v) is 14.2. The monoisotopic (exact) mass is 396 g/mol. The van der Waals surface area contributed by atoms with Gasteiger partial charge in [-0.2, -0.15) is 18.3 Å². The Morgan fingerprint density at radius 2 is 2.07 bits per heavy atom. The number of anilines is 1. The standard InChI is InChI=1S/C16H11F3N4O3S/c17-16(18,19)10-2-1-3-11(4-10)21-14(24)12-8-27-13(22-12)7-23-6-9(5-20-23)15(25)26/h1-6,8H,7H2,(H,21,24)(H,25,26). The minimum absolute atomic E-state index is 0.00236. The van der Waals surface area contributed by atoms with Crippen molar-refractivity contribution in [3.05, 3.63) is 63.9 Å². The lowest BCUT2D eigenvalue weighted by molar-refractivity contribution is -0.137. The van der Waals surface area contributed by atoms with Crippen molar-refractivity contribution in [3.63, 3.8) is 0 Å². The Morgan fingerprint density at radius 1 is 1.30 bits per heavy atom. The van der Waals surface area contributed by atoms with Gasteiger partial charge in [0.05, 0.1) is 23.9 Å². The molecule has 0 spiro atoms. The predicted octanol–water partition coefficient (Wildman–Crippen LogP) is 3.36. The zero-order valence-electron chi connectivity index (χ0n) is 13.4. The average molecular weight is 396 g/mol. The molecular formula is C16H11F3N4O3S. The number of hydrogen-bond donors (Lipinski definition) is 2. The van der Waals surface area contributed by atoms with Gasteiger partial charge in [-0.3, -0.25) is 9.48 Å². The maximum absolute atomic E-state index is 12.7. The van der Waals surface area contributed by atoms with Crippen LogP contribution in [0.4, 0.5) is 18.9 Å². The number of nitrogens with zero attached hydrogens (tertiary/aromatic N) is 3. The second-order valence-electron chi connectivity index (χ2n) is 5.39. The summed E-state index contributed by atoms with van der Waals surface area (Å²) in [6.45, 7) is 0.161. The van der Waals surface area contributed by atoms with Crippen molar-refractivity contribution in [3.8, 4) is 0 Å². The number of halogens is 3. The Kier molecular flexibility index (Phi) is 4.95. The summed E-state index contributed by atoms with van der Waals surface area (Å²) in [6, 6.07) is 4.29. The van der Waals surface area contributed by atoms with Gasteiger partial charge in [0.25, 0.3) is 5.91 Å². The number of amides is 1. The molecule has 0 saturated heterocycles. The van der Waals surface area contributed by atoms with Gasteiger partial charge in [0.1, 0.15) is 10.7 Å². The number of thiazole rings is 1. The molecule has 11 heteroatoms. The summed E-state index contributed by atoms with van der Waals surface area (Å²) in [5, 5.41) is 17.1. The Labute approximate surface area is 154 Å². The smallest absolute Gasteiger partial charge is 0.416 e. The molecule has 0 aliphatic heterocycles. The molecule has 0 aliphatic carbocycles. The van der Waals surface area contributed by atoms with E-state index in [4.69, 9.17) is 5.11 Å². The molecule has 0 atom stereocenters. The van der Waals surface area contributed by atoms with Crippen molar-refractivity contribution in [1.29, 1.82) is 0 Å². The van der Waals surface area contributed by atoms with Gasteiger partial charge in [-0.25, -0.2) is 9.78 Å². The molecule has 1 aromatic carbocycles. The van der Waals surface area contributed by atoms with Crippen LogP contribution in [0.25, 0.3) is 0 Å². The lowest BCUT2D eigenvalue weighted by Gasteiger charge is -2.09. The van der Waals surface area contributed by atoms with E-state index in [-0.39, 0.29) is 23.5 Å². The summed E-state index contributed by atoms with van der Waals surface area (Å²) in [4.78, 5) is 27.1. The van der Waals surface area contributed by atoms with Crippen LogP contribution in [0.3, 0.4) is 0 Å². The minimum Gasteiger partial charge on any atom is -0.478 e. The number of hydrogen-bond acceptors (Lipinski definition) is 5. The Hall–Kier alpha value is -3.21. The number of aromatic carboxylic acids is 1. The second-order valence-corrected chi connectivity index (χ2v) is 6.33. The van der Waals surface area contributed by atoms with Crippen molar-refractivity contribution in [2.75, 3.05) is 5.32 Å². The van der Waals surface area contributed by atoms with Crippen LogP contribution in [0.15, 0.2) is 42.0 Å². The van der Waals surface area contributed by atoms with E-state index >= 15 is 0 Å². The molecule has 2 N–H and O–H groups in total. The lowest BCUT2D eigenvalue weighted by atomic mass is 10.2. The molecule has 0 saturated carbocycles. The SMILES string of the molecule is O=C(O)c1cnn(Cc2nc(C(=O)Nc3cccc(C(F)(F)F)c3)cs2)c1. The third-order valence-electron chi connectivity index (χ3n) is 3.41. The van der Waals surface area contributed by atoms with Gasteiger partial charge in [0.15, 0.2) is 0 Å². The summed E-state index contributed by atoms with van der Waals surface area (Å²) in [5.41, 5.74) is -0.804. The molecule has 1 amide bonds. The van der Waals surface area contributed by atoms with Crippen LogP contribution in [0.5, 0.6) is 0 Å². The normalized spacial score (nSPS) is 11.4. The summed E-state index contributed by atoms with van der Waals surface area (Å²) >= 11 is 1.15. The highest BCUT2D eigenvalue weighted by Crippen LogP contribution is 2.30. The zero-order chi connectivity index (χ0) is 19.6. The van der Waals surface area contributed by atoms with Gasteiger partial charge in [-0.05, 0) is 18.2 Å². The van der Waals surface area contributed by atoms with Gasteiger partial charge in [-0.1, -0.05) is 6.07 Å². The molecule has 0 fully saturated rings.